The molecule has 1 aromatic rings. The number of rotatable bonds is 5. The van der Waals surface area contributed by atoms with E-state index in [-0.39, 0.29) is 11.3 Å². The second kappa shape index (κ2) is 6.56. The lowest BCUT2D eigenvalue weighted by Gasteiger charge is -2.35. The lowest BCUT2D eigenvalue weighted by atomic mass is 9.93. The van der Waals surface area contributed by atoms with Crippen LogP contribution in [-0.4, -0.2) is 23.4 Å². The molecule has 1 fully saturated rings. The van der Waals surface area contributed by atoms with Crippen LogP contribution in [0, 0.1) is 10.1 Å². The highest BCUT2D eigenvalue weighted by Crippen LogP contribution is 2.34. The largest absolute Gasteiger partial charge is 0.366 e. The molecule has 0 aliphatic heterocycles. The van der Waals surface area contributed by atoms with E-state index < -0.39 is 10.8 Å². The molecule has 0 bridgehead atoms. The minimum atomic E-state index is -0.648. The van der Waals surface area contributed by atoms with Crippen molar-refractivity contribution in [3.63, 3.8) is 0 Å². The summed E-state index contributed by atoms with van der Waals surface area (Å²) in [4.78, 5) is 24.2. The van der Waals surface area contributed by atoms with Crippen LogP contribution in [0.1, 0.15) is 49.4 Å². The number of hydrogen-bond donors (Lipinski definition) is 1. The van der Waals surface area contributed by atoms with Crippen LogP contribution in [0.4, 0.5) is 11.4 Å². The van der Waals surface area contributed by atoms with Crippen molar-refractivity contribution in [1.82, 2.24) is 0 Å². The first-order valence-electron chi connectivity index (χ1n) is 7.39. The van der Waals surface area contributed by atoms with E-state index in [2.05, 4.69) is 4.90 Å². The van der Waals surface area contributed by atoms with E-state index in [0.717, 1.165) is 25.7 Å². The summed E-state index contributed by atoms with van der Waals surface area (Å²) in [7, 11) is 0. The number of carbonyl (C=O) groups is 1. The molecule has 2 N–H and O–H groups in total. The third kappa shape index (κ3) is 3.32. The van der Waals surface area contributed by atoms with E-state index in [1.54, 1.807) is 12.1 Å². The zero-order chi connectivity index (χ0) is 15.4. The number of primary amides is 1. The van der Waals surface area contributed by atoms with Crippen molar-refractivity contribution in [1.29, 1.82) is 0 Å². The average Bonchev–Trinajstić information content (AvgIpc) is 2.49. The van der Waals surface area contributed by atoms with Gasteiger partial charge in [-0.15, -0.1) is 0 Å². The van der Waals surface area contributed by atoms with Gasteiger partial charge in [0.05, 0.1) is 4.92 Å². The molecule has 1 aliphatic carbocycles. The molecular formula is C15H21N3O3. The van der Waals surface area contributed by atoms with Gasteiger partial charge in [0, 0.05) is 24.2 Å². The van der Waals surface area contributed by atoms with Crippen molar-refractivity contribution in [2.75, 3.05) is 11.4 Å². The third-order valence-electron chi connectivity index (χ3n) is 4.12. The van der Waals surface area contributed by atoms with Crippen LogP contribution in [0.3, 0.4) is 0 Å². The SMILES string of the molecule is CCN(c1ccc(C(N)=O)cc1[N+](=O)[O-])C1CCCCC1. The van der Waals surface area contributed by atoms with Gasteiger partial charge in [0.2, 0.25) is 5.91 Å². The minimum Gasteiger partial charge on any atom is -0.366 e. The van der Waals surface area contributed by atoms with Crippen LogP contribution >= 0.6 is 0 Å². The van der Waals surface area contributed by atoms with E-state index in [1.165, 1.54) is 12.5 Å². The van der Waals surface area contributed by atoms with Crippen molar-refractivity contribution < 1.29 is 9.72 Å². The zero-order valence-electron chi connectivity index (χ0n) is 12.2. The predicted molar refractivity (Wildman–Crippen MR) is 81.5 cm³/mol. The predicted octanol–water partition coefficient (Wildman–Crippen LogP) is 2.85. The van der Waals surface area contributed by atoms with Gasteiger partial charge in [-0.1, -0.05) is 19.3 Å². The molecule has 2 rings (SSSR count). The molecule has 6 nitrogen and oxygen atoms in total. The Bertz CT molecular complexity index is 539. The maximum Gasteiger partial charge on any atom is 0.293 e. The quantitative estimate of drug-likeness (QED) is 0.667. The summed E-state index contributed by atoms with van der Waals surface area (Å²) in [6, 6.07) is 4.83. The molecular weight excluding hydrogens is 270 g/mol. The Morgan fingerprint density at radius 1 is 1.38 bits per heavy atom. The molecule has 1 aromatic carbocycles. The number of benzene rings is 1. The summed E-state index contributed by atoms with van der Waals surface area (Å²) in [5, 5.41) is 11.3. The molecule has 0 atom stereocenters. The summed E-state index contributed by atoms with van der Waals surface area (Å²) in [5.41, 5.74) is 5.92. The Morgan fingerprint density at radius 3 is 2.57 bits per heavy atom. The van der Waals surface area contributed by atoms with Gasteiger partial charge in [0.15, 0.2) is 0 Å². The fraction of sp³-hybridized carbons (Fsp3) is 0.533. The van der Waals surface area contributed by atoms with Gasteiger partial charge in [-0.05, 0) is 31.9 Å². The minimum absolute atomic E-state index is 0.0428. The smallest absolute Gasteiger partial charge is 0.293 e. The highest BCUT2D eigenvalue weighted by molar-refractivity contribution is 5.94. The lowest BCUT2D eigenvalue weighted by molar-refractivity contribution is -0.384. The number of anilines is 1. The Morgan fingerprint density at radius 2 is 2.05 bits per heavy atom. The molecule has 0 spiro atoms. The van der Waals surface area contributed by atoms with Crippen LogP contribution in [-0.2, 0) is 0 Å². The van der Waals surface area contributed by atoms with Crippen LogP contribution in [0.15, 0.2) is 18.2 Å². The molecule has 0 saturated heterocycles. The van der Waals surface area contributed by atoms with Gasteiger partial charge in [0.25, 0.3) is 5.69 Å². The first kappa shape index (κ1) is 15.3. The fourth-order valence-electron chi connectivity index (χ4n) is 3.08. The topological polar surface area (TPSA) is 89.5 Å². The van der Waals surface area contributed by atoms with E-state index >= 15 is 0 Å². The molecule has 0 radical (unpaired) electrons. The Labute approximate surface area is 124 Å². The van der Waals surface area contributed by atoms with Crippen molar-refractivity contribution in [3.05, 3.63) is 33.9 Å². The van der Waals surface area contributed by atoms with Crippen LogP contribution in [0.2, 0.25) is 0 Å². The normalized spacial score (nSPS) is 15.7. The Hall–Kier alpha value is -2.11. The van der Waals surface area contributed by atoms with Crippen molar-refractivity contribution in [2.45, 2.75) is 45.1 Å². The number of carbonyl (C=O) groups excluding carboxylic acids is 1. The Kier molecular flexibility index (Phi) is 4.77. The number of amides is 1. The molecule has 0 aromatic heterocycles. The van der Waals surface area contributed by atoms with Crippen molar-refractivity contribution >= 4 is 17.3 Å². The molecule has 1 aliphatic rings. The van der Waals surface area contributed by atoms with Gasteiger partial charge in [-0.2, -0.15) is 0 Å². The summed E-state index contributed by atoms with van der Waals surface area (Å²) >= 11 is 0. The maximum absolute atomic E-state index is 11.3. The van der Waals surface area contributed by atoms with Gasteiger partial charge in [-0.3, -0.25) is 14.9 Å². The standard InChI is InChI=1S/C15H21N3O3/c1-2-17(12-6-4-3-5-7-12)13-9-8-11(15(16)19)10-14(13)18(20)21/h8-10,12H,2-7H2,1H3,(H2,16,19). The molecule has 0 unspecified atom stereocenters. The van der Waals surface area contributed by atoms with Gasteiger partial charge in [0.1, 0.15) is 5.69 Å². The monoisotopic (exact) mass is 291 g/mol. The number of nitrogens with two attached hydrogens (primary N) is 1. The molecule has 6 heteroatoms. The highest BCUT2D eigenvalue weighted by atomic mass is 16.6. The second-order valence-electron chi connectivity index (χ2n) is 5.40. The summed E-state index contributed by atoms with van der Waals surface area (Å²) in [6.45, 7) is 2.71. The molecule has 114 valence electrons. The van der Waals surface area contributed by atoms with Gasteiger partial charge >= 0.3 is 0 Å². The molecule has 1 amide bonds. The fourth-order valence-corrected chi connectivity index (χ4v) is 3.08. The molecule has 21 heavy (non-hydrogen) atoms. The van der Waals surface area contributed by atoms with E-state index in [4.69, 9.17) is 5.73 Å². The summed E-state index contributed by atoms with van der Waals surface area (Å²) in [6.07, 6.45) is 5.67. The summed E-state index contributed by atoms with van der Waals surface area (Å²) in [5.74, 6) is -0.648. The number of nitro benzene ring substituents is 1. The van der Waals surface area contributed by atoms with Gasteiger partial charge in [-0.25, -0.2) is 0 Å². The molecule has 0 heterocycles. The van der Waals surface area contributed by atoms with Gasteiger partial charge < -0.3 is 10.6 Å². The molecule has 1 saturated carbocycles. The zero-order valence-corrected chi connectivity index (χ0v) is 12.2. The van der Waals surface area contributed by atoms with E-state index in [1.807, 2.05) is 6.92 Å². The highest BCUT2D eigenvalue weighted by Gasteiger charge is 2.26. The Balaban J connectivity index is 2.39. The first-order chi connectivity index (χ1) is 10.0. The first-order valence-corrected chi connectivity index (χ1v) is 7.39. The average molecular weight is 291 g/mol. The van der Waals surface area contributed by atoms with Crippen LogP contribution in [0.5, 0.6) is 0 Å². The number of nitro groups is 1. The van der Waals surface area contributed by atoms with E-state index in [0.29, 0.717) is 18.3 Å². The van der Waals surface area contributed by atoms with Crippen LogP contribution in [0.25, 0.3) is 0 Å². The third-order valence-corrected chi connectivity index (χ3v) is 4.12. The second-order valence-corrected chi connectivity index (χ2v) is 5.40. The lowest BCUT2D eigenvalue weighted by Crippen LogP contribution is -2.37. The number of nitrogens with zero attached hydrogens (tertiary/aromatic N) is 2. The maximum atomic E-state index is 11.3. The van der Waals surface area contributed by atoms with Crippen LogP contribution < -0.4 is 10.6 Å². The van der Waals surface area contributed by atoms with Crippen molar-refractivity contribution in [3.8, 4) is 0 Å². The summed E-state index contributed by atoms with van der Waals surface area (Å²) < 4.78 is 0. The van der Waals surface area contributed by atoms with E-state index in [9.17, 15) is 14.9 Å². The van der Waals surface area contributed by atoms with Crippen molar-refractivity contribution in [2.24, 2.45) is 5.73 Å². The number of hydrogen-bond acceptors (Lipinski definition) is 4.